The number of hydrogen-bond donors (Lipinski definition) is 0. The smallest absolute Gasteiger partial charge is 0.212 e. The van der Waals surface area contributed by atoms with Crippen molar-refractivity contribution in [1.29, 1.82) is 0 Å². The maximum atomic E-state index is 12.5. The van der Waals surface area contributed by atoms with Crippen molar-refractivity contribution < 1.29 is 4.79 Å². The second-order valence-electron chi connectivity index (χ2n) is 4.25. The van der Waals surface area contributed by atoms with Gasteiger partial charge in [-0.25, -0.2) is 0 Å². The molecule has 0 saturated heterocycles. The van der Waals surface area contributed by atoms with Gasteiger partial charge in [0, 0.05) is 22.8 Å². The molecule has 1 heterocycles. The lowest BCUT2D eigenvalue weighted by molar-refractivity contribution is 0.102. The molecular weight excluding hydrogens is 292 g/mol. The van der Waals surface area contributed by atoms with Crippen molar-refractivity contribution in [3.63, 3.8) is 0 Å². The second-order valence-corrected chi connectivity index (χ2v) is 5.11. The van der Waals surface area contributed by atoms with Gasteiger partial charge in [0.05, 0.1) is 0 Å². The Morgan fingerprint density at radius 3 is 2.89 bits per heavy atom. The van der Waals surface area contributed by atoms with Crippen LogP contribution in [0.5, 0.6) is 0 Å². The maximum absolute atomic E-state index is 12.5. The highest BCUT2D eigenvalue weighted by Crippen LogP contribution is 2.21. The van der Waals surface area contributed by atoms with Gasteiger partial charge in [-0.1, -0.05) is 34.5 Å². The van der Waals surface area contributed by atoms with Gasteiger partial charge < -0.3 is 0 Å². The monoisotopic (exact) mass is 306 g/mol. The van der Waals surface area contributed by atoms with Crippen molar-refractivity contribution in [1.82, 2.24) is 9.78 Å². The zero-order valence-electron chi connectivity index (χ0n) is 10.5. The first-order valence-electron chi connectivity index (χ1n) is 5.96. The molecule has 0 aliphatic heterocycles. The van der Waals surface area contributed by atoms with Crippen LogP contribution in [0.25, 0.3) is 0 Å². The van der Waals surface area contributed by atoms with Gasteiger partial charge in [-0.15, -0.1) is 0 Å². The molecule has 2 rings (SSSR count). The number of aromatic nitrogens is 2. The first-order valence-corrected chi connectivity index (χ1v) is 6.75. The van der Waals surface area contributed by atoms with Gasteiger partial charge in [-0.3, -0.25) is 9.48 Å². The molecule has 4 heteroatoms. The molecule has 18 heavy (non-hydrogen) atoms. The normalized spacial score (nSPS) is 10.6. The SMILES string of the molecule is CCCn1nccc1C(=O)c1cc(C)ccc1Br. The zero-order chi connectivity index (χ0) is 13.1. The average Bonchev–Trinajstić information content (AvgIpc) is 2.80. The summed E-state index contributed by atoms with van der Waals surface area (Å²) in [6.07, 6.45) is 2.63. The van der Waals surface area contributed by atoms with E-state index in [1.54, 1.807) is 16.9 Å². The lowest BCUT2D eigenvalue weighted by Gasteiger charge is -2.07. The van der Waals surface area contributed by atoms with Gasteiger partial charge in [0.25, 0.3) is 0 Å². The number of rotatable bonds is 4. The van der Waals surface area contributed by atoms with Gasteiger partial charge in [0.1, 0.15) is 5.69 Å². The van der Waals surface area contributed by atoms with Crippen LogP contribution in [0.4, 0.5) is 0 Å². The number of nitrogens with zero attached hydrogens (tertiary/aromatic N) is 2. The van der Waals surface area contributed by atoms with Gasteiger partial charge in [0.15, 0.2) is 0 Å². The van der Waals surface area contributed by atoms with Gasteiger partial charge in [-0.2, -0.15) is 5.10 Å². The van der Waals surface area contributed by atoms with Crippen LogP contribution >= 0.6 is 15.9 Å². The van der Waals surface area contributed by atoms with Gasteiger partial charge >= 0.3 is 0 Å². The Labute approximate surface area is 115 Å². The Morgan fingerprint density at radius 1 is 1.39 bits per heavy atom. The van der Waals surface area contributed by atoms with Crippen LogP contribution in [0.1, 0.15) is 35.0 Å². The molecule has 0 aliphatic carbocycles. The van der Waals surface area contributed by atoms with Crippen LogP contribution < -0.4 is 0 Å². The molecule has 0 unspecified atom stereocenters. The zero-order valence-corrected chi connectivity index (χ0v) is 12.1. The summed E-state index contributed by atoms with van der Waals surface area (Å²) in [5.74, 6) is 0.0107. The molecule has 0 spiro atoms. The highest BCUT2D eigenvalue weighted by molar-refractivity contribution is 9.10. The topological polar surface area (TPSA) is 34.9 Å². The van der Waals surface area contributed by atoms with Gasteiger partial charge in [0.2, 0.25) is 5.78 Å². The number of carbonyl (C=O) groups is 1. The first-order chi connectivity index (χ1) is 8.63. The van der Waals surface area contributed by atoms with E-state index in [4.69, 9.17) is 0 Å². The number of halogens is 1. The minimum atomic E-state index is 0.0107. The molecule has 1 aromatic carbocycles. The molecule has 0 saturated carbocycles. The Kier molecular flexibility index (Phi) is 3.97. The average molecular weight is 307 g/mol. The van der Waals surface area contributed by atoms with E-state index < -0.39 is 0 Å². The third-order valence-electron chi connectivity index (χ3n) is 2.75. The minimum absolute atomic E-state index is 0.0107. The van der Waals surface area contributed by atoms with Gasteiger partial charge in [-0.05, 0) is 31.5 Å². The molecule has 0 bridgehead atoms. The molecule has 0 aliphatic rings. The molecule has 0 radical (unpaired) electrons. The summed E-state index contributed by atoms with van der Waals surface area (Å²) >= 11 is 3.43. The van der Waals surface area contributed by atoms with E-state index in [-0.39, 0.29) is 5.78 Å². The Hall–Kier alpha value is -1.42. The van der Waals surface area contributed by atoms with E-state index in [0.717, 1.165) is 23.0 Å². The lowest BCUT2D eigenvalue weighted by atomic mass is 10.1. The fraction of sp³-hybridized carbons (Fsp3) is 0.286. The first kappa shape index (κ1) is 13.0. The minimum Gasteiger partial charge on any atom is -0.287 e. The molecule has 1 aromatic heterocycles. The van der Waals surface area contributed by atoms with E-state index in [2.05, 4.69) is 28.0 Å². The predicted octanol–water partition coefficient (Wildman–Crippen LogP) is 3.60. The van der Waals surface area contributed by atoms with E-state index in [1.807, 2.05) is 25.1 Å². The summed E-state index contributed by atoms with van der Waals surface area (Å²) in [6, 6.07) is 7.55. The summed E-state index contributed by atoms with van der Waals surface area (Å²) in [4.78, 5) is 12.5. The van der Waals surface area contributed by atoms with E-state index in [9.17, 15) is 4.79 Å². The second kappa shape index (κ2) is 5.48. The van der Waals surface area contributed by atoms with Crippen molar-refractivity contribution in [3.05, 3.63) is 51.8 Å². The summed E-state index contributed by atoms with van der Waals surface area (Å²) in [7, 11) is 0. The van der Waals surface area contributed by atoms with E-state index in [0.29, 0.717) is 11.3 Å². The number of benzene rings is 1. The molecule has 0 fully saturated rings. The van der Waals surface area contributed by atoms with Crippen LogP contribution in [0, 0.1) is 6.92 Å². The Bertz CT molecular complexity index is 575. The highest BCUT2D eigenvalue weighted by Gasteiger charge is 2.16. The summed E-state index contributed by atoms with van der Waals surface area (Å²) in [5.41, 5.74) is 2.40. The summed E-state index contributed by atoms with van der Waals surface area (Å²) in [6.45, 7) is 4.81. The molecule has 0 N–H and O–H groups in total. The van der Waals surface area contributed by atoms with Crippen LogP contribution in [0.15, 0.2) is 34.9 Å². The van der Waals surface area contributed by atoms with Crippen molar-refractivity contribution in [2.75, 3.05) is 0 Å². The fourth-order valence-corrected chi connectivity index (χ4v) is 2.29. The van der Waals surface area contributed by atoms with Crippen LogP contribution in [0.3, 0.4) is 0 Å². The number of aryl methyl sites for hydroxylation is 2. The predicted molar refractivity (Wildman–Crippen MR) is 74.8 cm³/mol. The van der Waals surface area contributed by atoms with Crippen molar-refractivity contribution in [2.24, 2.45) is 0 Å². The molecule has 3 nitrogen and oxygen atoms in total. The number of ketones is 1. The molecule has 2 aromatic rings. The van der Waals surface area contributed by atoms with Crippen molar-refractivity contribution in [3.8, 4) is 0 Å². The van der Waals surface area contributed by atoms with Crippen LogP contribution in [-0.2, 0) is 6.54 Å². The van der Waals surface area contributed by atoms with Crippen LogP contribution in [-0.4, -0.2) is 15.6 Å². The third-order valence-corrected chi connectivity index (χ3v) is 3.44. The lowest BCUT2D eigenvalue weighted by Crippen LogP contribution is -2.12. The number of carbonyl (C=O) groups excluding carboxylic acids is 1. The molecule has 94 valence electrons. The molecule has 0 amide bonds. The van der Waals surface area contributed by atoms with Crippen LogP contribution in [0.2, 0.25) is 0 Å². The number of hydrogen-bond acceptors (Lipinski definition) is 2. The largest absolute Gasteiger partial charge is 0.287 e. The Balaban J connectivity index is 2.41. The quantitative estimate of drug-likeness (QED) is 0.809. The van der Waals surface area contributed by atoms with Crippen molar-refractivity contribution >= 4 is 21.7 Å². The Morgan fingerprint density at radius 2 is 2.17 bits per heavy atom. The summed E-state index contributed by atoms with van der Waals surface area (Å²) < 4.78 is 2.58. The third kappa shape index (κ3) is 2.53. The standard InChI is InChI=1S/C14H15BrN2O/c1-3-8-17-13(6-7-16-17)14(18)11-9-10(2)4-5-12(11)15/h4-7,9H,3,8H2,1-2H3. The van der Waals surface area contributed by atoms with E-state index in [1.165, 1.54) is 0 Å². The fourth-order valence-electron chi connectivity index (χ4n) is 1.87. The molecular formula is C14H15BrN2O. The summed E-state index contributed by atoms with van der Waals surface area (Å²) in [5, 5.41) is 4.19. The molecule has 0 atom stereocenters. The van der Waals surface area contributed by atoms with E-state index >= 15 is 0 Å². The highest BCUT2D eigenvalue weighted by atomic mass is 79.9. The maximum Gasteiger partial charge on any atom is 0.212 e. The van der Waals surface area contributed by atoms with Crippen molar-refractivity contribution in [2.45, 2.75) is 26.8 Å².